The summed E-state index contributed by atoms with van der Waals surface area (Å²) in [7, 11) is 1.66. The predicted molar refractivity (Wildman–Crippen MR) is 115 cm³/mol. The molecule has 10 heteroatoms. The van der Waals surface area contributed by atoms with Gasteiger partial charge in [-0.15, -0.1) is 12.1 Å². The van der Waals surface area contributed by atoms with Gasteiger partial charge in [-0.25, -0.2) is 0 Å². The molecule has 5 rings (SSSR count). The van der Waals surface area contributed by atoms with E-state index in [-0.39, 0.29) is 6.04 Å². The molecule has 0 spiro atoms. The maximum Gasteiger partial charge on any atom is 0.119 e. The summed E-state index contributed by atoms with van der Waals surface area (Å²) in [6.07, 6.45) is 5.62. The van der Waals surface area contributed by atoms with Crippen molar-refractivity contribution in [3.05, 3.63) is 75.1 Å². The van der Waals surface area contributed by atoms with Crippen LogP contribution in [0.5, 0.6) is 5.75 Å². The largest absolute Gasteiger partial charge is 0.497 e. The maximum atomic E-state index is 11.2. The molecule has 2 aromatic rings. The number of rotatable bonds is 4. The zero-order chi connectivity index (χ0) is 22.1. The normalized spacial score (nSPS) is 24.7. The molecule has 0 saturated carbocycles. The number of nitrogens with zero attached hydrogens (tertiary/aromatic N) is 7. The number of piperidine rings is 3. The molecule has 3 aliphatic heterocycles. The van der Waals surface area contributed by atoms with E-state index >= 15 is 0 Å². The minimum atomic E-state index is -0.504. The number of methoxy groups -OCH3 is 1. The maximum absolute atomic E-state index is 11.2. The predicted octanol–water partition coefficient (Wildman–Crippen LogP) is 4.91. The summed E-state index contributed by atoms with van der Waals surface area (Å²) in [5.74, 6) is 2.01. The Kier molecular flexibility index (Phi) is 8.46. The van der Waals surface area contributed by atoms with Gasteiger partial charge in [-0.3, -0.25) is 14.8 Å². The fourth-order valence-electron chi connectivity index (χ4n) is 4.44. The average Bonchev–Trinajstić information content (AvgIpc) is 2.79. The number of nitrogens with one attached hydrogen (secondary N) is 1. The molecule has 3 aliphatic rings. The molecular weight excluding hydrogens is 384 g/mol. The lowest BCUT2D eigenvalue weighted by Crippen LogP contribution is -2.54. The Labute approximate surface area is 174 Å². The molecule has 2 unspecified atom stereocenters. The van der Waals surface area contributed by atoms with Crippen molar-refractivity contribution < 1.29 is 9.84 Å². The van der Waals surface area contributed by atoms with Gasteiger partial charge in [0.2, 0.25) is 0 Å². The Morgan fingerprint density at radius 1 is 1.37 bits per heavy atom. The highest BCUT2D eigenvalue weighted by Gasteiger charge is 2.42. The van der Waals surface area contributed by atoms with Crippen LogP contribution in [0.3, 0.4) is 0 Å². The van der Waals surface area contributed by atoms with Crippen LogP contribution in [0.1, 0.15) is 24.5 Å². The number of aliphatic hydroxyl groups excluding tert-OH is 1. The standard InChI is InChI=1S/C20H24N2O2.HN3.N3/c1-3-13-12-22-9-7-14(13)10-19(22)20(23)16-6-8-21-18-5-4-15(24-2)11-17(16)18;2*1-3-2/h3-6,8,11,13-14,19-20,23H,1,7,9-10,12H2,2H3;1H;/q;;-1/t13-,14?,19-,20-;;/m1../s1. The molecule has 2 N–H and O–H groups in total. The first-order chi connectivity index (χ1) is 14.5. The molecule has 3 fully saturated rings. The third kappa shape index (κ3) is 5.00. The first kappa shape index (κ1) is 23.0. The summed E-state index contributed by atoms with van der Waals surface area (Å²) in [6, 6.07) is 7.96. The van der Waals surface area contributed by atoms with Crippen molar-refractivity contribution in [2.75, 3.05) is 20.2 Å². The Morgan fingerprint density at radius 3 is 2.63 bits per heavy atom. The fourth-order valence-corrected chi connectivity index (χ4v) is 4.44. The van der Waals surface area contributed by atoms with E-state index in [1.165, 1.54) is 11.3 Å². The van der Waals surface area contributed by atoms with Crippen LogP contribution in [0, 0.1) is 17.4 Å². The summed E-state index contributed by atoms with van der Waals surface area (Å²) >= 11 is 0. The minimum absolute atomic E-state index is 0.178. The van der Waals surface area contributed by atoms with E-state index in [9.17, 15) is 5.11 Å². The second kappa shape index (κ2) is 11.0. The van der Waals surface area contributed by atoms with Crippen LogP contribution < -0.4 is 4.74 Å². The second-order valence-electron chi connectivity index (χ2n) is 7.16. The number of fused-ring (bicyclic) bond motifs is 4. The third-order valence-electron chi connectivity index (χ3n) is 5.82. The molecule has 0 aliphatic carbocycles. The van der Waals surface area contributed by atoms with Crippen molar-refractivity contribution in [2.45, 2.75) is 25.0 Å². The van der Waals surface area contributed by atoms with Gasteiger partial charge >= 0.3 is 0 Å². The summed E-state index contributed by atoms with van der Waals surface area (Å²) < 4.78 is 5.35. The van der Waals surface area contributed by atoms with Gasteiger partial charge in [-0.05, 0) is 71.5 Å². The van der Waals surface area contributed by atoms with Gasteiger partial charge in [0.1, 0.15) is 5.75 Å². The van der Waals surface area contributed by atoms with Gasteiger partial charge in [0.15, 0.2) is 0 Å². The Bertz CT molecular complexity index is 926. The third-order valence-corrected chi connectivity index (χ3v) is 5.82. The Hall–Kier alpha value is -3.29. The quantitative estimate of drug-likeness (QED) is 0.317. The number of hydrogen-bond donors (Lipinski definition) is 2. The van der Waals surface area contributed by atoms with Crippen molar-refractivity contribution >= 4 is 10.9 Å². The molecule has 1 aromatic carbocycles. The molecule has 30 heavy (non-hydrogen) atoms. The topological polar surface area (TPSA) is 165 Å². The summed E-state index contributed by atoms with van der Waals surface area (Å²) in [6.45, 7) is 6.07. The fraction of sp³-hybridized carbons (Fsp3) is 0.450. The summed E-state index contributed by atoms with van der Waals surface area (Å²) in [5, 5.41) is 12.1. The van der Waals surface area contributed by atoms with Gasteiger partial charge in [0.05, 0.1) is 18.7 Å². The lowest BCUT2D eigenvalue weighted by Gasteiger charge is -2.50. The van der Waals surface area contributed by atoms with E-state index in [0.29, 0.717) is 11.8 Å². The van der Waals surface area contributed by atoms with Crippen LogP contribution in [0.4, 0.5) is 0 Å². The van der Waals surface area contributed by atoms with E-state index in [0.717, 1.165) is 41.7 Å². The lowest BCUT2D eigenvalue weighted by atomic mass is 9.73. The monoisotopic (exact) mass is 409 g/mol. The zero-order valence-corrected chi connectivity index (χ0v) is 16.8. The molecule has 4 heterocycles. The van der Waals surface area contributed by atoms with E-state index in [2.05, 4.69) is 22.5 Å². The number of aliphatic hydroxyl groups is 1. The minimum Gasteiger partial charge on any atom is -0.497 e. The van der Waals surface area contributed by atoms with Gasteiger partial charge in [-0.2, -0.15) is 0 Å². The number of pyridine rings is 1. The SMILES string of the molecule is C=C[C@@H]1CN2CCC1C[C@@H]2[C@H](O)c1ccnc2ccc(OC)cc12.[N-]=[N+]=N.[N-]=[N+]=[N-]. The average molecular weight is 409 g/mol. The van der Waals surface area contributed by atoms with Gasteiger partial charge in [0.25, 0.3) is 0 Å². The summed E-state index contributed by atoms with van der Waals surface area (Å²) in [4.78, 5) is 10.1. The molecule has 158 valence electrons. The van der Waals surface area contributed by atoms with Gasteiger partial charge < -0.3 is 20.9 Å². The molecule has 0 radical (unpaired) electrons. The van der Waals surface area contributed by atoms with Crippen LogP contribution in [-0.4, -0.2) is 41.2 Å². The lowest BCUT2D eigenvalue weighted by molar-refractivity contribution is -0.0444. The van der Waals surface area contributed by atoms with E-state index in [1.807, 2.05) is 24.3 Å². The van der Waals surface area contributed by atoms with Gasteiger partial charge in [0, 0.05) is 24.2 Å². The van der Waals surface area contributed by atoms with Crippen LogP contribution >= 0.6 is 0 Å². The van der Waals surface area contributed by atoms with Crippen LogP contribution in [-0.2, 0) is 0 Å². The second-order valence-corrected chi connectivity index (χ2v) is 7.16. The van der Waals surface area contributed by atoms with Crippen molar-refractivity contribution in [2.24, 2.45) is 11.8 Å². The molecule has 5 atom stereocenters. The van der Waals surface area contributed by atoms with E-state index in [1.54, 1.807) is 18.2 Å². The number of aromatic nitrogens is 1. The van der Waals surface area contributed by atoms with E-state index in [4.69, 9.17) is 26.9 Å². The molecule has 10 nitrogen and oxygen atoms in total. The van der Waals surface area contributed by atoms with Crippen molar-refractivity contribution in [3.8, 4) is 5.75 Å². The van der Waals surface area contributed by atoms with Crippen molar-refractivity contribution in [1.29, 1.82) is 5.53 Å². The highest BCUT2D eigenvalue weighted by Crippen LogP contribution is 2.42. The van der Waals surface area contributed by atoms with Crippen molar-refractivity contribution in [1.82, 2.24) is 9.88 Å². The Morgan fingerprint density at radius 2 is 2.07 bits per heavy atom. The Balaban J connectivity index is 0.000000480. The highest BCUT2D eigenvalue weighted by atomic mass is 16.5. The molecule has 1 aromatic heterocycles. The number of benzene rings is 1. The first-order valence-electron chi connectivity index (χ1n) is 9.51. The van der Waals surface area contributed by atoms with Crippen LogP contribution in [0.25, 0.3) is 37.3 Å². The van der Waals surface area contributed by atoms with Crippen LogP contribution in [0.2, 0.25) is 0 Å². The molecular formula is C20H25N8O2-. The molecule has 2 bridgehead atoms. The molecule has 0 amide bonds. The summed E-state index contributed by atoms with van der Waals surface area (Å²) in [5.41, 5.74) is 27.6. The highest BCUT2D eigenvalue weighted by molar-refractivity contribution is 5.83. The number of hydrogen-bond acceptors (Lipinski definition) is 5. The van der Waals surface area contributed by atoms with Crippen molar-refractivity contribution in [3.63, 3.8) is 0 Å². The van der Waals surface area contributed by atoms with Crippen LogP contribution in [0.15, 0.2) is 43.1 Å². The van der Waals surface area contributed by atoms with E-state index < -0.39 is 6.10 Å². The zero-order valence-electron chi connectivity index (χ0n) is 16.8. The smallest absolute Gasteiger partial charge is 0.119 e. The van der Waals surface area contributed by atoms with Gasteiger partial charge in [-0.1, -0.05) is 6.08 Å². The molecule has 3 saturated heterocycles. The number of ether oxygens (including phenoxy) is 1. The first-order valence-corrected chi connectivity index (χ1v) is 9.51.